The van der Waals surface area contributed by atoms with Gasteiger partial charge in [0.25, 0.3) is 0 Å². The molecular formula is C11H16. The summed E-state index contributed by atoms with van der Waals surface area (Å²) >= 11 is 0. The van der Waals surface area contributed by atoms with Gasteiger partial charge in [-0.25, -0.2) is 0 Å². The highest BCUT2D eigenvalue weighted by molar-refractivity contribution is 5.26. The molecule has 60 valence electrons. The van der Waals surface area contributed by atoms with Crippen molar-refractivity contribution < 1.29 is 5.48 Å². The molecule has 0 bridgehead atoms. The van der Waals surface area contributed by atoms with Crippen LogP contribution in [0, 0.1) is 6.92 Å². The minimum absolute atomic E-state index is 0.0703. The number of benzene rings is 1. The standard InChI is InChI=1S/C11H16/c1-9-5-7-10(8-6-9)11(2,3)4/h5-8H,1-4H3/i5D,6D,7D,8D. The van der Waals surface area contributed by atoms with Gasteiger partial charge in [0.15, 0.2) is 0 Å². The van der Waals surface area contributed by atoms with Crippen LogP contribution in [0.15, 0.2) is 24.2 Å². The minimum atomic E-state index is -0.368. The average Bonchev–Trinajstić information content (AvgIpc) is 2.09. The molecule has 0 radical (unpaired) electrons. The van der Waals surface area contributed by atoms with Gasteiger partial charge >= 0.3 is 0 Å². The molecular weight excluding hydrogens is 132 g/mol. The molecule has 0 spiro atoms. The summed E-state index contributed by atoms with van der Waals surface area (Å²) in [4.78, 5) is 0. The van der Waals surface area contributed by atoms with Crippen molar-refractivity contribution in [3.05, 3.63) is 35.3 Å². The molecule has 0 nitrogen and oxygen atoms in total. The maximum atomic E-state index is 7.84. The predicted molar refractivity (Wildman–Crippen MR) is 49.9 cm³/mol. The van der Waals surface area contributed by atoms with Gasteiger partial charge in [0.1, 0.15) is 0 Å². The normalized spacial score (nSPS) is 16.7. The summed E-state index contributed by atoms with van der Waals surface area (Å²) in [5.74, 6) is 0. The van der Waals surface area contributed by atoms with Crippen LogP contribution in [0.2, 0.25) is 0 Å². The van der Waals surface area contributed by atoms with Crippen LogP contribution in [0.3, 0.4) is 0 Å². The summed E-state index contributed by atoms with van der Waals surface area (Å²) in [6.07, 6.45) is 0. The Hall–Kier alpha value is -0.780. The van der Waals surface area contributed by atoms with E-state index in [1.807, 2.05) is 20.8 Å². The molecule has 0 N–H and O–H groups in total. The van der Waals surface area contributed by atoms with Crippen LogP contribution in [0.1, 0.15) is 37.4 Å². The lowest BCUT2D eigenvalue weighted by Gasteiger charge is -2.18. The summed E-state index contributed by atoms with van der Waals surface area (Å²) in [5, 5.41) is 0. The van der Waals surface area contributed by atoms with E-state index < -0.39 is 0 Å². The molecule has 11 heavy (non-hydrogen) atoms. The Morgan fingerprint density at radius 1 is 1.09 bits per heavy atom. The molecule has 0 aliphatic carbocycles. The van der Waals surface area contributed by atoms with Crippen LogP contribution >= 0.6 is 0 Å². The Morgan fingerprint density at radius 2 is 1.55 bits per heavy atom. The minimum Gasteiger partial charge on any atom is -0.0590 e. The van der Waals surface area contributed by atoms with Gasteiger partial charge in [-0.3, -0.25) is 0 Å². The van der Waals surface area contributed by atoms with Gasteiger partial charge < -0.3 is 0 Å². The summed E-state index contributed by atoms with van der Waals surface area (Å²) in [7, 11) is 0. The van der Waals surface area contributed by atoms with Crippen molar-refractivity contribution in [2.75, 3.05) is 0 Å². The van der Waals surface area contributed by atoms with Crippen molar-refractivity contribution in [2.24, 2.45) is 0 Å². The van der Waals surface area contributed by atoms with Crippen LogP contribution < -0.4 is 0 Å². The van der Waals surface area contributed by atoms with Crippen molar-refractivity contribution in [1.82, 2.24) is 0 Å². The first kappa shape index (κ1) is 4.30. The van der Waals surface area contributed by atoms with Crippen LogP contribution in [0.25, 0.3) is 0 Å². The predicted octanol–water partition coefficient (Wildman–Crippen LogP) is 3.29. The molecule has 0 fully saturated rings. The molecule has 0 atom stereocenters. The topological polar surface area (TPSA) is 0 Å². The Balaban J connectivity index is 3.68. The Labute approximate surface area is 74.9 Å². The van der Waals surface area contributed by atoms with Crippen LogP contribution in [0.5, 0.6) is 0 Å². The zero-order valence-electron chi connectivity index (χ0n) is 11.5. The third-order valence-electron chi connectivity index (χ3n) is 1.50. The van der Waals surface area contributed by atoms with Crippen molar-refractivity contribution in [2.45, 2.75) is 33.1 Å². The third-order valence-corrected chi connectivity index (χ3v) is 1.50. The van der Waals surface area contributed by atoms with Gasteiger partial charge in [-0.2, -0.15) is 0 Å². The molecule has 0 aliphatic rings. The maximum absolute atomic E-state index is 7.84. The monoisotopic (exact) mass is 152 g/mol. The quantitative estimate of drug-likeness (QED) is 0.535. The SMILES string of the molecule is [2H]c1c([2H])c(C(C)(C)C)c([2H])c([2H])c1C. The van der Waals surface area contributed by atoms with E-state index in [9.17, 15) is 0 Å². The molecule has 1 rings (SSSR count). The van der Waals surface area contributed by atoms with E-state index in [1.165, 1.54) is 0 Å². The summed E-state index contributed by atoms with van der Waals surface area (Å²) in [5.41, 5.74) is 0.536. The molecule has 0 heteroatoms. The van der Waals surface area contributed by atoms with Crippen LogP contribution in [-0.4, -0.2) is 0 Å². The highest BCUT2D eigenvalue weighted by Gasteiger charge is 2.11. The van der Waals surface area contributed by atoms with E-state index in [4.69, 9.17) is 5.48 Å². The molecule has 0 aromatic heterocycles. The molecule has 0 heterocycles. The smallest absolute Gasteiger partial charge is 0.0590 e. The fourth-order valence-electron chi connectivity index (χ4n) is 0.750. The molecule has 1 aromatic carbocycles. The molecule has 0 amide bonds. The first-order chi connectivity index (χ1) is 6.68. The van der Waals surface area contributed by atoms with Gasteiger partial charge in [-0.15, -0.1) is 0 Å². The Bertz CT molecular complexity index is 373. The molecule has 0 aliphatic heterocycles. The van der Waals surface area contributed by atoms with E-state index in [2.05, 4.69) is 0 Å². The summed E-state index contributed by atoms with van der Waals surface area (Å²) in [6.45, 7) is 7.30. The van der Waals surface area contributed by atoms with Crippen molar-refractivity contribution >= 4 is 0 Å². The molecule has 0 saturated heterocycles. The first-order valence-corrected chi connectivity index (χ1v) is 3.75. The van der Waals surface area contributed by atoms with Crippen molar-refractivity contribution in [3.8, 4) is 0 Å². The lowest BCUT2D eigenvalue weighted by molar-refractivity contribution is 0.590. The van der Waals surface area contributed by atoms with Crippen LogP contribution in [0.4, 0.5) is 0 Å². The largest absolute Gasteiger partial charge is 0.0626 e. The lowest BCUT2D eigenvalue weighted by atomic mass is 9.87. The number of hydrogen-bond donors (Lipinski definition) is 0. The molecule has 0 saturated carbocycles. The zero-order chi connectivity index (χ0) is 12.0. The second-order valence-electron chi connectivity index (χ2n) is 3.75. The second-order valence-corrected chi connectivity index (χ2v) is 3.75. The Morgan fingerprint density at radius 3 is 1.91 bits per heavy atom. The summed E-state index contributed by atoms with van der Waals surface area (Å²) in [6, 6.07) is 0.309. The van der Waals surface area contributed by atoms with Gasteiger partial charge in [0.2, 0.25) is 0 Å². The third kappa shape index (κ3) is 2.07. The maximum Gasteiger partial charge on any atom is 0.0626 e. The van der Waals surface area contributed by atoms with Gasteiger partial charge in [-0.1, -0.05) is 50.5 Å². The second kappa shape index (κ2) is 2.69. The fourth-order valence-corrected chi connectivity index (χ4v) is 0.750. The van der Waals surface area contributed by atoms with Gasteiger partial charge in [0, 0.05) is 0 Å². The highest BCUT2D eigenvalue weighted by atomic mass is 14.2. The van der Waals surface area contributed by atoms with Crippen LogP contribution in [-0.2, 0) is 5.41 Å². The molecule has 1 aromatic rings. The lowest BCUT2D eigenvalue weighted by Crippen LogP contribution is -2.10. The van der Waals surface area contributed by atoms with Gasteiger partial charge in [-0.05, 0) is 17.9 Å². The average molecular weight is 152 g/mol. The van der Waals surface area contributed by atoms with E-state index in [0.717, 1.165) is 0 Å². The molecule has 0 unspecified atom stereocenters. The van der Waals surface area contributed by atoms with E-state index >= 15 is 0 Å². The van der Waals surface area contributed by atoms with E-state index in [0.29, 0.717) is 11.1 Å². The zero-order valence-corrected chi connectivity index (χ0v) is 7.50. The van der Waals surface area contributed by atoms with E-state index in [1.54, 1.807) is 6.92 Å². The summed E-state index contributed by atoms with van der Waals surface area (Å²) < 4.78 is 31.1. The Kier molecular flexibility index (Phi) is 1.05. The van der Waals surface area contributed by atoms with E-state index in [-0.39, 0.29) is 29.6 Å². The highest BCUT2D eigenvalue weighted by Crippen LogP contribution is 2.21. The number of hydrogen-bond acceptors (Lipinski definition) is 0. The van der Waals surface area contributed by atoms with Crippen molar-refractivity contribution in [1.29, 1.82) is 0 Å². The fraction of sp³-hybridized carbons (Fsp3) is 0.455. The number of rotatable bonds is 0. The van der Waals surface area contributed by atoms with Gasteiger partial charge in [0.05, 0.1) is 5.48 Å². The van der Waals surface area contributed by atoms with Crippen molar-refractivity contribution in [3.63, 3.8) is 0 Å². The first-order valence-electron chi connectivity index (χ1n) is 5.75.